The second kappa shape index (κ2) is 15.9. The van der Waals surface area contributed by atoms with Gasteiger partial charge in [0.25, 0.3) is 17.7 Å². The summed E-state index contributed by atoms with van der Waals surface area (Å²) in [6.07, 6.45) is 2.97. The molecule has 16 heteroatoms. The lowest BCUT2D eigenvalue weighted by atomic mass is 10.1. The van der Waals surface area contributed by atoms with Gasteiger partial charge < -0.3 is 49.5 Å². The molecule has 0 fully saturated rings. The number of fused-ring (bicyclic) bond motifs is 5. The monoisotopic (exact) mass is 762 g/mol. The molecular formula is C40H42N8O8. The molecular weight excluding hydrogens is 720 g/mol. The molecule has 5 amide bonds. The molecule has 0 spiro atoms. The van der Waals surface area contributed by atoms with Gasteiger partial charge in [-0.25, -0.2) is 4.98 Å². The Labute approximate surface area is 322 Å². The van der Waals surface area contributed by atoms with Gasteiger partial charge in [-0.2, -0.15) is 0 Å². The molecule has 0 bridgehead atoms. The highest BCUT2D eigenvalue weighted by molar-refractivity contribution is 6.12. The predicted octanol–water partition coefficient (Wildman–Crippen LogP) is 4.11. The summed E-state index contributed by atoms with van der Waals surface area (Å²) < 4.78 is 18.8. The van der Waals surface area contributed by atoms with Crippen LogP contribution in [0, 0.1) is 0 Å². The second-order valence-corrected chi connectivity index (χ2v) is 13.6. The molecule has 16 nitrogen and oxygen atoms in total. The van der Waals surface area contributed by atoms with Gasteiger partial charge in [0.1, 0.15) is 5.58 Å². The van der Waals surface area contributed by atoms with Gasteiger partial charge >= 0.3 is 0 Å². The van der Waals surface area contributed by atoms with Crippen molar-refractivity contribution in [3.8, 4) is 11.5 Å². The van der Waals surface area contributed by atoms with Crippen molar-refractivity contribution in [3.63, 3.8) is 0 Å². The van der Waals surface area contributed by atoms with Gasteiger partial charge in [0.05, 0.1) is 31.0 Å². The number of furan rings is 1. The number of aryl methyl sites for hydroxylation is 1. The summed E-state index contributed by atoms with van der Waals surface area (Å²) in [4.78, 5) is 72.0. The Hall–Kier alpha value is -6.84. The van der Waals surface area contributed by atoms with Gasteiger partial charge in [-0.3, -0.25) is 24.0 Å². The first kappa shape index (κ1) is 37.5. The first-order valence-electron chi connectivity index (χ1n) is 18.2. The highest BCUT2D eigenvalue weighted by atomic mass is 16.5. The fourth-order valence-corrected chi connectivity index (χ4v) is 7.01. The van der Waals surface area contributed by atoms with E-state index < -0.39 is 11.8 Å². The normalized spacial score (nSPS) is 14.4. The number of carbonyl (C=O) groups is 5. The molecule has 0 saturated carbocycles. The van der Waals surface area contributed by atoms with Crippen molar-refractivity contribution in [2.24, 2.45) is 7.05 Å². The van der Waals surface area contributed by atoms with Crippen LogP contribution in [-0.2, 0) is 23.1 Å². The summed E-state index contributed by atoms with van der Waals surface area (Å²) >= 11 is 0. The Morgan fingerprint density at radius 1 is 0.929 bits per heavy atom. The molecule has 2 aliphatic rings. The summed E-state index contributed by atoms with van der Waals surface area (Å²) in [5.41, 5.74) is 4.26. The van der Waals surface area contributed by atoms with Crippen LogP contribution in [0.4, 0.5) is 22.9 Å². The molecule has 0 radical (unpaired) electrons. The number of imidazole rings is 1. The highest BCUT2D eigenvalue weighted by Gasteiger charge is 2.39. The van der Waals surface area contributed by atoms with E-state index in [1.807, 2.05) is 36.2 Å². The minimum Gasteiger partial charge on any atom is -0.493 e. The molecule has 4 heterocycles. The van der Waals surface area contributed by atoms with Crippen molar-refractivity contribution in [1.29, 1.82) is 0 Å². The third-order valence-electron chi connectivity index (χ3n) is 9.77. The maximum absolute atomic E-state index is 13.8. The minimum atomic E-state index is -0.510. The maximum atomic E-state index is 13.8. The fraction of sp³-hybridized carbons (Fsp3) is 0.300. The Morgan fingerprint density at radius 3 is 2.55 bits per heavy atom. The number of methoxy groups -OCH3 is 1. The summed E-state index contributed by atoms with van der Waals surface area (Å²) in [5.74, 6) is -0.311. The van der Waals surface area contributed by atoms with Gasteiger partial charge in [0, 0.05) is 76.1 Å². The Balaban J connectivity index is 0.917. The summed E-state index contributed by atoms with van der Waals surface area (Å²) in [5, 5.41) is 11.2. The molecule has 0 saturated heterocycles. The fourth-order valence-electron chi connectivity index (χ4n) is 7.01. The number of likely N-dealkylation sites (N-methyl/N-ethyl adjacent to an activating group) is 1. The van der Waals surface area contributed by atoms with E-state index in [4.69, 9.17) is 13.9 Å². The van der Waals surface area contributed by atoms with Crippen LogP contribution < -0.4 is 40.5 Å². The van der Waals surface area contributed by atoms with Crippen LogP contribution >= 0.6 is 0 Å². The second-order valence-electron chi connectivity index (χ2n) is 13.6. The number of ether oxygens (including phenoxy) is 2. The molecule has 2 aliphatic heterocycles. The van der Waals surface area contributed by atoms with E-state index in [9.17, 15) is 24.0 Å². The molecule has 5 aromatic rings. The van der Waals surface area contributed by atoms with Crippen LogP contribution in [0.2, 0.25) is 0 Å². The van der Waals surface area contributed by atoms with Crippen molar-refractivity contribution >= 4 is 63.4 Å². The van der Waals surface area contributed by atoms with Gasteiger partial charge in [0.2, 0.25) is 17.6 Å². The number of anilines is 4. The number of para-hydroxylation sites is 1. The van der Waals surface area contributed by atoms with E-state index in [-0.39, 0.29) is 67.2 Å². The lowest BCUT2D eigenvalue weighted by Crippen LogP contribution is -2.41. The number of amides is 5. The molecule has 1 atom stereocenters. The quantitative estimate of drug-likeness (QED) is 0.127. The number of nitrogens with one attached hydrogen (secondary N) is 4. The molecule has 0 aliphatic carbocycles. The molecule has 290 valence electrons. The van der Waals surface area contributed by atoms with Gasteiger partial charge in [0.15, 0.2) is 23.1 Å². The largest absolute Gasteiger partial charge is 0.493 e. The topological polar surface area (TPSA) is 189 Å². The van der Waals surface area contributed by atoms with E-state index in [0.717, 1.165) is 23.4 Å². The molecule has 4 N–H and O–H groups in total. The van der Waals surface area contributed by atoms with E-state index in [0.29, 0.717) is 46.7 Å². The van der Waals surface area contributed by atoms with E-state index in [1.165, 1.54) is 18.7 Å². The summed E-state index contributed by atoms with van der Waals surface area (Å²) in [6, 6.07) is 18.0. The Bertz CT molecular complexity index is 2350. The zero-order valence-electron chi connectivity index (χ0n) is 31.4. The van der Waals surface area contributed by atoms with E-state index >= 15 is 0 Å². The molecule has 56 heavy (non-hydrogen) atoms. The van der Waals surface area contributed by atoms with Crippen molar-refractivity contribution in [2.45, 2.75) is 31.7 Å². The van der Waals surface area contributed by atoms with E-state index in [2.05, 4.69) is 37.2 Å². The highest BCUT2D eigenvalue weighted by Crippen LogP contribution is 2.42. The van der Waals surface area contributed by atoms with Crippen LogP contribution in [0.25, 0.3) is 11.0 Å². The van der Waals surface area contributed by atoms with Crippen LogP contribution in [0.1, 0.15) is 56.4 Å². The van der Waals surface area contributed by atoms with Crippen molar-refractivity contribution < 1.29 is 37.9 Å². The summed E-state index contributed by atoms with van der Waals surface area (Å²) in [7, 11) is 6.65. The maximum Gasteiger partial charge on any atom is 0.291 e. The zero-order chi connectivity index (χ0) is 39.5. The van der Waals surface area contributed by atoms with Crippen molar-refractivity contribution in [1.82, 2.24) is 20.2 Å². The molecule has 3 aromatic carbocycles. The molecule has 7 rings (SSSR count). The third kappa shape index (κ3) is 7.71. The van der Waals surface area contributed by atoms with Gasteiger partial charge in [-0.15, -0.1) is 0 Å². The lowest BCUT2D eigenvalue weighted by Gasteiger charge is -2.25. The summed E-state index contributed by atoms with van der Waals surface area (Å²) in [6.45, 7) is 1.02. The number of aromatic nitrogens is 2. The Morgan fingerprint density at radius 2 is 1.75 bits per heavy atom. The average molecular weight is 763 g/mol. The smallest absolute Gasteiger partial charge is 0.291 e. The average Bonchev–Trinajstić information content (AvgIpc) is 3.88. The van der Waals surface area contributed by atoms with Gasteiger partial charge in [-0.1, -0.05) is 18.2 Å². The van der Waals surface area contributed by atoms with Crippen LogP contribution in [0.5, 0.6) is 11.5 Å². The number of rotatable bonds is 13. The molecule has 2 aromatic heterocycles. The number of hydrogen-bond acceptors (Lipinski definition) is 10. The van der Waals surface area contributed by atoms with Crippen LogP contribution in [0.15, 0.2) is 71.3 Å². The standard InChI is InChI=1S/C40H42N8O8/c1-41-35(49)13-14-42-38(51)33-18-24-16-25(11-12-30(24)56-33)43-39(52)37-45-34(22-47(37)3)44-36(50)10-7-15-55-32-20-29-27(19-31(32)54-4)40(53)48-26(21-46(29)2)17-23-8-5-6-9-28(23)48/h5-6,8-9,11-12,16,18-20,22,26H,7,10,13-15,17,21H2,1-4H3,(H,41,49)(H,42,51)(H,43,52)(H,44,50)/t26-/m0/s1. The number of hydrogen-bond donors (Lipinski definition) is 4. The SMILES string of the molecule is CNC(=O)CCNC(=O)c1cc2cc(NC(=O)c3nc(NC(=O)CCCOc4cc5c(cc4OC)C(=O)N4c6ccccc6C[C@H]4CN5C)cn3C)ccc2o1. The van der Waals surface area contributed by atoms with E-state index in [1.54, 1.807) is 43.6 Å². The van der Waals surface area contributed by atoms with Crippen LogP contribution in [-0.4, -0.2) is 86.0 Å². The number of carbonyl (C=O) groups excluding carboxylic acids is 5. The minimum absolute atomic E-state index is 0.0132. The first-order chi connectivity index (χ1) is 27.0. The van der Waals surface area contributed by atoms with Crippen molar-refractivity contribution in [2.75, 3.05) is 61.3 Å². The zero-order valence-corrected chi connectivity index (χ0v) is 31.4. The van der Waals surface area contributed by atoms with Gasteiger partial charge in [-0.05, 0) is 54.8 Å². The predicted molar refractivity (Wildman–Crippen MR) is 209 cm³/mol. The van der Waals surface area contributed by atoms with Crippen LogP contribution in [0.3, 0.4) is 0 Å². The first-order valence-corrected chi connectivity index (χ1v) is 18.2. The Kier molecular flexibility index (Phi) is 10.6. The lowest BCUT2D eigenvalue weighted by molar-refractivity contribution is -0.120. The van der Waals surface area contributed by atoms with Crippen molar-refractivity contribution in [3.05, 3.63) is 89.6 Å². The molecule has 0 unspecified atom stereocenters. The number of nitrogens with zero attached hydrogens (tertiary/aromatic N) is 4. The third-order valence-corrected chi connectivity index (χ3v) is 9.77. The number of benzene rings is 3.